The fraction of sp³-hybridized carbons (Fsp3) is 0.640. The molecule has 4 saturated carbocycles. The van der Waals surface area contributed by atoms with E-state index in [9.17, 15) is 9.59 Å². The van der Waals surface area contributed by atoms with Gasteiger partial charge in [-0.1, -0.05) is 6.07 Å². The van der Waals surface area contributed by atoms with Gasteiger partial charge in [-0.3, -0.25) is 14.0 Å². The van der Waals surface area contributed by atoms with Crippen molar-refractivity contribution >= 4 is 17.5 Å². The molecule has 0 unspecified atom stereocenters. The van der Waals surface area contributed by atoms with E-state index in [0.29, 0.717) is 29.0 Å². The van der Waals surface area contributed by atoms with Crippen LogP contribution in [0.15, 0.2) is 24.4 Å². The normalized spacial score (nSPS) is 33.6. The molecule has 5 aliphatic rings. The second-order valence-corrected chi connectivity index (χ2v) is 10.9. The quantitative estimate of drug-likeness (QED) is 0.774. The van der Waals surface area contributed by atoms with Crippen LogP contribution in [0.3, 0.4) is 0 Å². The molecule has 7 nitrogen and oxygen atoms in total. The summed E-state index contributed by atoms with van der Waals surface area (Å²) >= 11 is 0. The number of imidazole rings is 1. The summed E-state index contributed by atoms with van der Waals surface area (Å²) in [6.07, 6.45) is 9.77. The molecule has 1 aliphatic heterocycles. The van der Waals surface area contributed by atoms with Crippen LogP contribution in [0.4, 0.5) is 0 Å². The lowest BCUT2D eigenvalue weighted by molar-refractivity contribution is -0.0503. The van der Waals surface area contributed by atoms with Crippen LogP contribution in [0, 0.1) is 23.2 Å². The maximum Gasteiger partial charge on any atom is 0.274 e. The van der Waals surface area contributed by atoms with Gasteiger partial charge in [0.05, 0.1) is 0 Å². The third kappa shape index (κ3) is 3.41. The lowest BCUT2D eigenvalue weighted by Gasteiger charge is -2.56. The third-order valence-electron chi connectivity index (χ3n) is 8.50. The van der Waals surface area contributed by atoms with Crippen LogP contribution >= 0.6 is 0 Å². The van der Waals surface area contributed by atoms with Gasteiger partial charge in [-0.2, -0.15) is 0 Å². The minimum atomic E-state index is -0.0710. The molecule has 4 bridgehead atoms. The number of hydrogen-bond acceptors (Lipinski definition) is 4. The number of carbonyl (C=O) groups is 2. The molecule has 2 N–H and O–H groups in total. The van der Waals surface area contributed by atoms with Crippen LogP contribution in [-0.2, 0) is 0 Å². The molecule has 3 heterocycles. The van der Waals surface area contributed by atoms with Gasteiger partial charge in [0, 0.05) is 38.4 Å². The molecule has 0 aromatic carbocycles. The highest BCUT2D eigenvalue weighted by Crippen LogP contribution is 2.59. The van der Waals surface area contributed by atoms with E-state index in [1.165, 1.54) is 38.5 Å². The first kappa shape index (κ1) is 20.2. The highest BCUT2D eigenvalue weighted by molar-refractivity contribution is 5.95. The smallest absolute Gasteiger partial charge is 0.274 e. The summed E-state index contributed by atoms with van der Waals surface area (Å²) in [6.45, 7) is 5.07. The Kier molecular flexibility index (Phi) is 4.79. The summed E-state index contributed by atoms with van der Waals surface area (Å²) in [5.74, 6) is 2.48. The molecule has 2 amide bonds. The van der Waals surface area contributed by atoms with Crippen molar-refractivity contribution in [3.05, 3.63) is 35.8 Å². The van der Waals surface area contributed by atoms with Crippen molar-refractivity contribution in [1.82, 2.24) is 24.9 Å². The van der Waals surface area contributed by atoms with Crippen molar-refractivity contribution in [3.63, 3.8) is 0 Å². The standard InChI is InChI=1S/C25H33N5O2/c1-16-13-26-5-6-29(16)24(32)20-14-30-21(3-2-4-22(30)28-20)23(31)27-15-25-10-17-7-18(11-25)9-19(8-17)12-25/h2-4,14,16-19,26H,5-13,15H2,1H3,(H,27,31)/t16-,17?,18?,19?,25?/m1/s1. The maximum absolute atomic E-state index is 13.2. The zero-order valence-corrected chi connectivity index (χ0v) is 18.8. The summed E-state index contributed by atoms with van der Waals surface area (Å²) in [5, 5.41) is 6.58. The topological polar surface area (TPSA) is 78.7 Å². The molecule has 1 saturated heterocycles. The Bertz CT molecular complexity index is 1020. The van der Waals surface area contributed by atoms with Crippen molar-refractivity contribution < 1.29 is 9.59 Å². The third-order valence-corrected chi connectivity index (χ3v) is 8.50. The van der Waals surface area contributed by atoms with Crippen LogP contribution in [0.2, 0.25) is 0 Å². The van der Waals surface area contributed by atoms with Crippen molar-refractivity contribution in [2.45, 2.75) is 51.5 Å². The molecular formula is C25H33N5O2. The maximum atomic E-state index is 13.2. The number of carbonyl (C=O) groups excluding carboxylic acids is 2. The van der Waals surface area contributed by atoms with Gasteiger partial charge in [0.2, 0.25) is 0 Å². The Morgan fingerprint density at radius 1 is 1.16 bits per heavy atom. The molecule has 7 rings (SSSR count). The predicted octanol–water partition coefficient (Wildman–Crippen LogP) is 2.71. The van der Waals surface area contributed by atoms with E-state index < -0.39 is 0 Å². The minimum Gasteiger partial charge on any atom is -0.350 e. The summed E-state index contributed by atoms with van der Waals surface area (Å²) in [5.41, 5.74) is 1.89. The fourth-order valence-corrected chi connectivity index (χ4v) is 7.45. The average molecular weight is 436 g/mol. The van der Waals surface area contributed by atoms with E-state index in [0.717, 1.165) is 37.4 Å². The molecule has 0 spiro atoms. The van der Waals surface area contributed by atoms with E-state index >= 15 is 0 Å². The molecule has 4 aliphatic carbocycles. The molecular weight excluding hydrogens is 402 g/mol. The van der Waals surface area contributed by atoms with Gasteiger partial charge in [-0.05, 0) is 80.8 Å². The van der Waals surface area contributed by atoms with Gasteiger partial charge in [0.1, 0.15) is 17.0 Å². The number of fused-ring (bicyclic) bond motifs is 1. The number of amides is 2. The summed E-state index contributed by atoms with van der Waals surface area (Å²) < 4.78 is 1.77. The Balaban J connectivity index is 1.20. The predicted molar refractivity (Wildman–Crippen MR) is 121 cm³/mol. The largest absolute Gasteiger partial charge is 0.350 e. The number of piperazine rings is 1. The number of nitrogens with one attached hydrogen (secondary N) is 2. The average Bonchev–Trinajstić information content (AvgIpc) is 3.21. The molecule has 2 aromatic rings. The monoisotopic (exact) mass is 435 g/mol. The lowest BCUT2D eigenvalue weighted by atomic mass is 9.49. The molecule has 2 aromatic heterocycles. The van der Waals surface area contributed by atoms with E-state index in [1.807, 2.05) is 30.0 Å². The molecule has 7 heteroatoms. The molecule has 32 heavy (non-hydrogen) atoms. The van der Waals surface area contributed by atoms with E-state index in [2.05, 4.69) is 15.6 Å². The summed E-state index contributed by atoms with van der Waals surface area (Å²) in [6, 6.07) is 5.66. The van der Waals surface area contributed by atoms with Gasteiger partial charge >= 0.3 is 0 Å². The van der Waals surface area contributed by atoms with Crippen LogP contribution in [0.1, 0.15) is 66.4 Å². The number of rotatable bonds is 4. The molecule has 1 atom stereocenters. The van der Waals surface area contributed by atoms with Crippen LogP contribution < -0.4 is 10.6 Å². The van der Waals surface area contributed by atoms with Gasteiger partial charge in [-0.15, -0.1) is 0 Å². The molecule has 5 fully saturated rings. The van der Waals surface area contributed by atoms with Crippen molar-refractivity contribution in [1.29, 1.82) is 0 Å². The molecule has 0 radical (unpaired) electrons. The van der Waals surface area contributed by atoms with Gasteiger partial charge < -0.3 is 15.5 Å². The highest BCUT2D eigenvalue weighted by atomic mass is 16.2. The highest BCUT2D eigenvalue weighted by Gasteiger charge is 2.50. The van der Waals surface area contributed by atoms with Gasteiger partial charge in [0.15, 0.2) is 0 Å². The van der Waals surface area contributed by atoms with E-state index in [-0.39, 0.29) is 17.9 Å². The number of pyridine rings is 1. The minimum absolute atomic E-state index is 0.0670. The summed E-state index contributed by atoms with van der Waals surface area (Å²) in [4.78, 5) is 32.7. The fourth-order valence-electron chi connectivity index (χ4n) is 7.45. The first-order valence-corrected chi connectivity index (χ1v) is 12.3. The number of hydrogen-bond donors (Lipinski definition) is 2. The van der Waals surface area contributed by atoms with Crippen molar-refractivity contribution in [2.75, 3.05) is 26.2 Å². The second-order valence-electron chi connectivity index (χ2n) is 10.9. The van der Waals surface area contributed by atoms with Crippen molar-refractivity contribution in [3.8, 4) is 0 Å². The van der Waals surface area contributed by atoms with Crippen LogP contribution in [0.25, 0.3) is 5.65 Å². The zero-order valence-electron chi connectivity index (χ0n) is 18.8. The first-order chi connectivity index (χ1) is 15.5. The van der Waals surface area contributed by atoms with Crippen LogP contribution in [-0.4, -0.2) is 58.3 Å². The number of nitrogens with zero attached hydrogens (tertiary/aromatic N) is 3. The number of aromatic nitrogens is 2. The van der Waals surface area contributed by atoms with E-state index in [4.69, 9.17) is 0 Å². The Hall–Kier alpha value is -2.41. The zero-order chi connectivity index (χ0) is 21.9. The van der Waals surface area contributed by atoms with Gasteiger partial charge in [0.25, 0.3) is 11.8 Å². The summed E-state index contributed by atoms with van der Waals surface area (Å²) in [7, 11) is 0. The lowest BCUT2D eigenvalue weighted by Crippen LogP contribution is -2.52. The van der Waals surface area contributed by atoms with Gasteiger partial charge in [-0.25, -0.2) is 4.98 Å². The Morgan fingerprint density at radius 2 is 1.88 bits per heavy atom. The Morgan fingerprint density at radius 3 is 2.56 bits per heavy atom. The molecule has 170 valence electrons. The van der Waals surface area contributed by atoms with Crippen LogP contribution in [0.5, 0.6) is 0 Å². The second kappa shape index (κ2) is 7.58. The van der Waals surface area contributed by atoms with E-state index in [1.54, 1.807) is 10.6 Å². The first-order valence-electron chi connectivity index (χ1n) is 12.3. The Labute approximate surface area is 188 Å². The SMILES string of the molecule is C[C@@H]1CNCCN1C(=O)c1cn2c(C(=O)NCC34CC5CC(CC(C5)C3)C4)cccc2n1. The van der Waals surface area contributed by atoms with Crippen molar-refractivity contribution in [2.24, 2.45) is 23.2 Å².